The number of nitrogens with zero attached hydrogens (tertiary/aromatic N) is 4. The molecule has 0 amide bonds. The molecule has 0 radical (unpaired) electrons. The molecule has 8 heteroatoms. The van der Waals surface area contributed by atoms with Gasteiger partial charge in [-0.05, 0) is 126 Å². The first-order valence-corrected chi connectivity index (χ1v) is 17.8. The molecule has 53 heavy (non-hydrogen) atoms. The third-order valence-corrected chi connectivity index (χ3v) is 10.8. The zero-order valence-corrected chi connectivity index (χ0v) is 30.6. The standard InChI is InChI=1S/C45H40F4N4/c1-43(2)25-27-11-7-9-13-39(27)52(43)31-21-37(33-17-15-29(46)19-35(33)48)50-41(23-31)45(5,6)42-24-32(22-38(51-42)34-18-16-30(47)20-36(34)49)53-40-14-10-8-12-28(40)26-44(53,3)4/h7-24H,25-26H2,1-6H3. The summed E-state index contributed by atoms with van der Waals surface area (Å²) in [5.74, 6) is -2.79. The zero-order chi connectivity index (χ0) is 37.4. The van der Waals surface area contributed by atoms with Gasteiger partial charge in [0.2, 0.25) is 0 Å². The second kappa shape index (κ2) is 12.3. The number of hydrogen-bond acceptors (Lipinski definition) is 4. The highest BCUT2D eigenvalue weighted by atomic mass is 19.1. The molecule has 0 saturated carbocycles. The van der Waals surface area contributed by atoms with Gasteiger partial charge in [-0.1, -0.05) is 36.4 Å². The van der Waals surface area contributed by atoms with E-state index in [1.165, 1.54) is 35.4 Å². The number of benzene rings is 4. The van der Waals surface area contributed by atoms with Crippen LogP contribution in [0.15, 0.2) is 109 Å². The second-order valence-electron chi connectivity index (χ2n) is 16.0. The molecule has 0 atom stereocenters. The lowest BCUT2D eigenvalue weighted by molar-refractivity contribution is 0.531. The van der Waals surface area contributed by atoms with Crippen molar-refractivity contribution in [2.75, 3.05) is 9.80 Å². The van der Waals surface area contributed by atoms with Crippen molar-refractivity contribution in [3.8, 4) is 22.5 Å². The van der Waals surface area contributed by atoms with E-state index in [0.29, 0.717) is 22.8 Å². The summed E-state index contributed by atoms with van der Waals surface area (Å²) in [4.78, 5) is 14.7. The molecular weight excluding hydrogens is 673 g/mol. The van der Waals surface area contributed by atoms with Crippen molar-refractivity contribution in [3.63, 3.8) is 0 Å². The molecule has 0 aliphatic carbocycles. The largest absolute Gasteiger partial charge is 0.335 e. The maximum Gasteiger partial charge on any atom is 0.135 e. The summed E-state index contributed by atoms with van der Waals surface area (Å²) in [7, 11) is 0. The fourth-order valence-electron chi connectivity index (χ4n) is 8.21. The predicted molar refractivity (Wildman–Crippen MR) is 204 cm³/mol. The third-order valence-electron chi connectivity index (χ3n) is 10.8. The Bertz CT molecular complexity index is 2250. The molecule has 0 N–H and O–H groups in total. The van der Waals surface area contributed by atoms with Gasteiger partial charge < -0.3 is 9.80 Å². The number of halogens is 4. The number of para-hydroxylation sites is 2. The normalized spacial score (nSPS) is 15.8. The Morgan fingerprint density at radius 3 is 1.32 bits per heavy atom. The van der Waals surface area contributed by atoms with Crippen LogP contribution in [0.25, 0.3) is 22.5 Å². The summed E-state index contributed by atoms with van der Waals surface area (Å²) in [5.41, 5.74) is 6.68. The molecule has 6 aromatic rings. The summed E-state index contributed by atoms with van der Waals surface area (Å²) < 4.78 is 59.4. The predicted octanol–water partition coefficient (Wildman–Crippen LogP) is 11.6. The van der Waals surface area contributed by atoms with Gasteiger partial charge in [0.15, 0.2) is 0 Å². The number of rotatable bonds is 6. The molecular formula is C45H40F4N4. The van der Waals surface area contributed by atoms with E-state index in [9.17, 15) is 8.78 Å². The fourth-order valence-corrected chi connectivity index (χ4v) is 8.21. The first-order valence-electron chi connectivity index (χ1n) is 17.8. The summed E-state index contributed by atoms with van der Waals surface area (Å²) in [6.07, 6.45) is 1.60. The monoisotopic (exact) mass is 712 g/mol. The first kappa shape index (κ1) is 34.6. The van der Waals surface area contributed by atoms with Gasteiger partial charge in [0.05, 0.1) is 22.8 Å². The first-order chi connectivity index (χ1) is 25.1. The van der Waals surface area contributed by atoms with Gasteiger partial charge >= 0.3 is 0 Å². The molecule has 2 aromatic heterocycles. The Balaban J connectivity index is 1.36. The van der Waals surface area contributed by atoms with Crippen molar-refractivity contribution in [2.24, 2.45) is 0 Å². The van der Waals surface area contributed by atoms with Crippen molar-refractivity contribution in [1.29, 1.82) is 0 Å². The minimum atomic E-state index is -0.935. The SMILES string of the molecule is CC(C)(c1cc(N2c3ccccc3CC2(C)C)cc(-c2ccc(F)cc2F)n1)c1cc(N2c3ccccc3CC2(C)C)cc(-c2ccc(F)cc2F)n1. The Hall–Kier alpha value is -5.50. The Morgan fingerprint density at radius 2 is 0.925 bits per heavy atom. The van der Waals surface area contributed by atoms with Crippen LogP contribution in [0, 0.1) is 23.3 Å². The van der Waals surface area contributed by atoms with E-state index in [-0.39, 0.29) is 22.2 Å². The van der Waals surface area contributed by atoms with Gasteiger partial charge in [0, 0.05) is 62.5 Å². The van der Waals surface area contributed by atoms with Crippen LogP contribution in [-0.4, -0.2) is 21.0 Å². The quantitative estimate of drug-likeness (QED) is 0.161. The van der Waals surface area contributed by atoms with Gasteiger partial charge in [-0.15, -0.1) is 0 Å². The lowest BCUT2D eigenvalue weighted by atomic mass is 9.83. The van der Waals surface area contributed by atoms with E-state index in [2.05, 4.69) is 61.8 Å². The highest BCUT2D eigenvalue weighted by Gasteiger charge is 2.40. The molecule has 4 heterocycles. The van der Waals surface area contributed by atoms with Crippen LogP contribution in [0.1, 0.15) is 64.1 Å². The third kappa shape index (κ3) is 5.94. The molecule has 0 unspecified atom stereocenters. The molecule has 4 aromatic carbocycles. The molecule has 0 saturated heterocycles. The molecule has 4 nitrogen and oxygen atoms in total. The van der Waals surface area contributed by atoms with Crippen LogP contribution in [-0.2, 0) is 18.3 Å². The highest BCUT2D eigenvalue weighted by Crippen LogP contribution is 2.48. The average Bonchev–Trinajstić information content (AvgIpc) is 3.54. The van der Waals surface area contributed by atoms with Gasteiger partial charge in [0.1, 0.15) is 23.3 Å². The lowest BCUT2D eigenvalue weighted by Crippen LogP contribution is -2.38. The van der Waals surface area contributed by atoms with Crippen molar-refractivity contribution >= 4 is 22.7 Å². The van der Waals surface area contributed by atoms with E-state index >= 15 is 8.78 Å². The van der Waals surface area contributed by atoms with Gasteiger partial charge in [-0.25, -0.2) is 17.6 Å². The maximum atomic E-state index is 15.5. The topological polar surface area (TPSA) is 32.3 Å². The van der Waals surface area contributed by atoms with Crippen LogP contribution in [0.2, 0.25) is 0 Å². The van der Waals surface area contributed by atoms with Crippen LogP contribution in [0.4, 0.5) is 40.3 Å². The van der Waals surface area contributed by atoms with Crippen LogP contribution >= 0.6 is 0 Å². The van der Waals surface area contributed by atoms with Crippen molar-refractivity contribution in [3.05, 3.63) is 155 Å². The van der Waals surface area contributed by atoms with Crippen LogP contribution < -0.4 is 9.80 Å². The minimum Gasteiger partial charge on any atom is -0.335 e. The number of fused-ring (bicyclic) bond motifs is 2. The number of anilines is 4. The van der Waals surface area contributed by atoms with E-state index in [1.807, 2.05) is 62.4 Å². The summed E-state index contributed by atoms with van der Waals surface area (Å²) in [5, 5.41) is 0. The van der Waals surface area contributed by atoms with E-state index in [1.54, 1.807) is 0 Å². The second-order valence-corrected chi connectivity index (χ2v) is 16.0. The minimum absolute atomic E-state index is 0.168. The van der Waals surface area contributed by atoms with Crippen LogP contribution in [0.5, 0.6) is 0 Å². The van der Waals surface area contributed by atoms with E-state index in [0.717, 1.165) is 47.7 Å². The van der Waals surface area contributed by atoms with Crippen molar-refractivity contribution in [1.82, 2.24) is 9.97 Å². The summed E-state index contributed by atoms with van der Waals surface area (Å²) in [6.45, 7) is 12.7. The zero-order valence-electron chi connectivity index (χ0n) is 30.6. The van der Waals surface area contributed by atoms with Gasteiger partial charge in [-0.3, -0.25) is 9.97 Å². The molecule has 2 aliphatic rings. The molecule has 2 aliphatic heterocycles. The fraction of sp³-hybridized carbons (Fsp3) is 0.244. The van der Waals surface area contributed by atoms with Crippen LogP contribution in [0.3, 0.4) is 0 Å². The number of aromatic nitrogens is 2. The smallest absolute Gasteiger partial charge is 0.135 e. The Kier molecular flexibility index (Phi) is 8.02. The number of hydrogen-bond donors (Lipinski definition) is 0. The molecule has 0 spiro atoms. The molecule has 0 bridgehead atoms. The van der Waals surface area contributed by atoms with Crippen molar-refractivity contribution < 1.29 is 17.6 Å². The Morgan fingerprint density at radius 1 is 0.528 bits per heavy atom. The molecule has 8 rings (SSSR count). The highest BCUT2D eigenvalue weighted by molar-refractivity contribution is 5.78. The number of pyridine rings is 2. The summed E-state index contributed by atoms with van der Waals surface area (Å²) >= 11 is 0. The van der Waals surface area contributed by atoms with E-state index in [4.69, 9.17) is 9.97 Å². The van der Waals surface area contributed by atoms with Gasteiger partial charge in [-0.2, -0.15) is 0 Å². The summed E-state index contributed by atoms with van der Waals surface area (Å²) in [6, 6.07) is 31.2. The Labute approximate surface area is 307 Å². The van der Waals surface area contributed by atoms with Gasteiger partial charge in [0.25, 0.3) is 0 Å². The average molecular weight is 713 g/mol. The maximum absolute atomic E-state index is 15.5. The van der Waals surface area contributed by atoms with Crippen molar-refractivity contribution in [2.45, 2.75) is 70.9 Å². The lowest BCUT2D eigenvalue weighted by Gasteiger charge is -2.37. The van der Waals surface area contributed by atoms with E-state index < -0.39 is 28.7 Å². The molecule has 268 valence electrons. The molecule has 0 fully saturated rings.